The summed E-state index contributed by atoms with van der Waals surface area (Å²) in [7, 11) is 0. The number of carbonyl (C=O) groups is 2. The van der Waals surface area contributed by atoms with Crippen molar-refractivity contribution in [1.82, 2.24) is 0 Å². The molecule has 0 aliphatic carbocycles. The number of amides is 1. The normalized spacial score (nSPS) is 11.3. The molecule has 1 atom stereocenters. The third-order valence-corrected chi connectivity index (χ3v) is 3.42. The Labute approximate surface area is 149 Å². The van der Waals surface area contributed by atoms with Gasteiger partial charge >= 0.3 is 5.97 Å². The minimum absolute atomic E-state index is 0.0279. The highest BCUT2D eigenvalue weighted by Crippen LogP contribution is 2.24. The monoisotopic (exact) mass is 358 g/mol. The summed E-state index contributed by atoms with van der Waals surface area (Å²) in [4.78, 5) is 34.9. The average molecular weight is 358 g/mol. The SMILES string of the molecule is CCOc1ccccc1C(=O)O[C@H](C)C(=O)Nc1ccccc1[N+](=O)[O-]. The summed E-state index contributed by atoms with van der Waals surface area (Å²) in [5.41, 5.74) is -0.0270. The van der Waals surface area contributed by atoms with Gasteiger partial charge in [0.05, 0.1) is 11.5 Å². The number of benzene rings is 2. The molecule has 1 N–H and O–H groups in total. The third-order valence-electron chi connectivity index (χ3n) is 3.42. The first-order valence-electron chi connectivity index (χ1n) is 7.91. The van der Waals surface area contributed by atoms with Crippen molar-refractivity contribution in [3.8, 4) is 5.75 Å². The number of nitrogens with zero attached hydrogens (tertiary/aromatic N) is 1. The Bertz CT molecular complexity index is 821. The number of hydrogen-bond acceptors (Lipinski definition) is 6. The first kappa shape index (κ1) is 18.9. The van der Waals surface area contributed by atoms with Gasteiger partial charge in [-0.05, 0) is 32.0 Å². The quantitative estimate of drug-likeness (QED) is 0.463. The lowest BCUT2D eigenvalue weighted by Crippen LogP contribution is -2.30. The molecule has 0 aliphatic rings. The molecule has 8 nitrogen and oxygen atoms in total. The van der Waals surface area contributed by atoms with Crippen molar-refractivity contribution in [2.75, 3.05) is 11.9 Å². The van der Waals surface area contributed by atoms with Crippen LogP contribution < -0.4 is 10.1 Å². The van der Waals surface area contributed by atoms with Gasteiger partial charge < -0.3 is 14.8 Å². The summed E-state index contributed by atoms with van der Waals surface area (Å²) in [6.45, 7) is 3.54. The van der Waals surface area contributed by atoms with Gasteiger partial charge in [-0.2, -0.15) is 0 Å². The van der Waals surface area contributed by atoms with Gasteiger partial charge in [-0.15, -0.1) is 0 Å². The Hall–Kier alpha value is -3.42. The molecule has 1 amide bonds. The summed E-state index contributed by atoms with van der Waals surface area (Å²) in [5.74, 6) is -1.05. The second-order valence-corrected chi connectivity index (χ2v) is 5.24. The van der Waals surface area contributed by atoms with Gasteiger partial charge in [-0.25, -0.2) is 4.79 Å². The summed E-state index contributed by atoms with van der Waals surface area (Å²) in [5, 5.41) is 13.4. The molecule has 0 unspecified atom stereocenters. The van der Waals surface area contributed by atoms with Crippen LogP contribution >= 0.6 is 0 Å². The van der Waals surface area contributed by atoms with Crippen LogP contribution in [0.3, 0.4) is 0 Å². The van der Waals surface area contributed by atoms with E-state index >= 15 is 0 Å². The van der Waals surface area contributed by atoms with E-state index in [0.29, 0.717) is 12.4 Å². The highest BCUT2D eigenvalue weighted by atomic mass is 16.6. The van der Waals surface area contributed by atoms with E-state index in [4.69, 9.17) is 9.47 Å². The molecule has 0 spiro atoms. The Balaban J connectivity index is 2.08. The molecule has 0 saturated carbocycles. The number of anilines is 1. The van der Waals surface area contributed by atoms with Crippen LogP contribution in [0.4, 0.5) is 11.4 Å². The van der Waals surface area contributed by atoms with Crippen LogP contribution in [0.5, 0.6) is 5.75 Å². The van der Waals surface area contributed by atoms with Crippen LogP contribution in [0.15, 0.2) is 48.5 Å². The van der Waals surface area contributed by atoms with Gasteiger partial charge in [0.25, 0.3) is 11.6 Å². The molecule has 2 rings (SSSR count). The van der Waals surface area contributed by atoms with Crippen LogP contribution in [0.2, 0.25) is 0 Å². The van der Waals surface area contributed by atoms with E-state index in [1.54, 1.807) is 31.2 Å². The largest absolute Gasteiger partial charge is 0.493 e. The minimum atomic E-state index is -1.16. The summed E-state index contributed by atoms with van der Waals surface area (Å²) in [6, 6.07) is 12.2. The first-order chi connectivity index (χ1) is 12.4. The van der Waals surface area contributed by atoms with E-state index < -0.39 is 22.9 Å². The zero-order valence-corrected chi connectivity index (χ0v) is 14.3. The number of nitro benzene ring substituents is 1. The standard InChI is InChI=1S/C18H18N2O6/c1-3-25-16-11-7-4-8-13(16)18(22)26-12(2)17(21)19-14-9-5-6-10-15(14)20(23)24/h4-12H,3H2,1-2H3,(H,19,21)/t12-/m1/s1. The molecular weight excluding hydrogens is 340 g/mol. The number of rotatable bonds is 7. The molecule has 0 aliphatic heterocycles. The van der Waals surface area contributed by atoms with Crippen molar-refractivity contribution in [3.63, 3.8) is 0 Å². The summed E-state index contributed by atoms with van der Waals surface area (Å²) >= 11 is 0. The third kappa shape index (κ3) is 4.56. The molecule has 26 heavy (non-hydrogen) atoms. The Morgan fingerprint density at radius 1 is 1.15 bits per heavy atom. The molecule has 0 aromatic heterocycles. The van der Waals surface area contributed by atoms with Crippen molar-refractivity contribution >= 4 is 23.3 Å². The predicted octanol–water partition coefficient (Wildman–Crippen LogP) is 3.18. The zero-order chi connectivity index (χ0) is 19.1. The Morgan fingerprint density at radius 3 is 2.50 bits per heavy atom. The van der Waals surface area contributed by atoms with Gasteiger partial charge in [-0.3, -0.25) is 14.9 Å². The smallest absolute Gasteiger partial charge is 0.342 e. The van der Waals surface area contributed by atoms with Gasteiger partial charge in [0.15, 0.2) is 6.10 Å². The van der Waals surface area contributed by atoms with Crippen LogP contribution in [0.25, 0.3) is 0 Å². The van der Waals surface area contributed by atoms with Crippen molar-refractivity contribution in [1.29, 1.82) is 0 Å². The van der Waals surface area contributed by atoms with E-state index in [2.05, 4.69) is 5.32 Å². The van der Waals surface area contributed by atoms with Gasteiger partial charge in [-0.1, -0.05) is 24.3 Å². The van der Waals surface area contributed by atoms with Gasteiger partial charge in [0.2, 0.25) is 0 Å². The molecule has 0 fully saturated rings. The van der Waals surface area contributed by atoms with Crippen LogP contribution in [0, 0.1) is 10.1 Å². The van der Waals surface area contributed by atoms with Gasteiger partial charge in [0.1, 0.15) is 17.0 Å². The lowest BCUT2D eigenvalue weighted by molar-refractivity contribution is -0.383. The number of carbonyl (C=O) groups excluding carboxylic acids is 2. The lowest BCUT2D eigenvalue weighted by Gasteiger charge is -2.15. The summed E-state index contributed by atoms with van der Waals surface area (Å²) < 4.78 is 10.5. The minimum Gasteiger partial charge on any atom is -0.493 e. The number of hydrogen-bond donors (Lipinski definition) is 1. The van der Waals surface area contributed by atoms with E-state index in [9.17, 15) is 19.7 Å². The van der Waals surface area contributed by atoms with E-state index in [-0.39, 0.29) is 16.9 Å². The molecule has 2 aromatic carbocycles. The van der Waals surface area contributed by atoms with Crippen molar-refractivity contribution in [2.24, 2.45) is 0 Å². The summed E-state index contributed by atoms with van der Waals surface area (Å²) in [6.07, 6.45) is -1.16. The number of nitrogens with one attached hydrogen (secondary N) is 1. The molecule has 0 bridgehead atoms. The molecule has 0 heterocycles. The first-order valence-corrected chi connectivity index (χ1v) is 7.91. The zero-order valence-electron chi connectivity index (χ0n) is 14.3. The Kier molecular flexibility index (Phi) is 6.26. The van der Waals surface area contributed by atoms with Crippen LogP contribution in [-0.4, -0.2) is 29.5 Å². The fourth-order valence-electron chi connectivity index (χ4n) is 2.17. The van der Waals surface area contributed by atoms with Crippen LogP contribution in [-0.2, 0) is 9.53 Å². The fourth-order valence-corrected chi connectivity index (χ4v) is 2.17. The maximum absolute atomic E-state index is 12.3. The molecule has 136 valence electrons. The average Bonchev–Trinajstić information content (AvgIpc) is 2.62. The topological polar surface area (TPSA) is 108 Å². The van der Waals surface area contributed by atoms with Gasteiger partial charge in [0, 0.05) is 6.07 Å². The Morgan fingerprint density at radius 2 is 1.81 bits per heavy atom. The second kappa shape index (κ2) is 8.61. The lowest BCUT2D eigenvalue weighted by atomic mass is 10.2. The molecule has 2 aromatic rings. The predicted molar refractivity (Wildman–Crippen MR) is 94.2 cm³/mol. The second-order valence-electron chi connectivity index (χ2n) is 5.24. The molecule has 0 saturated heterocycles. The number of para-hydroxylation sites is 3. The highest BCUT2D eigenvalue weighted by molar-refractivity contribution is 5.99. The van der Waals surface area contributed by atoms with Crippen molar-refractivity contribution in [3.05, 3.63) is 64.2 Å². The molecular formula is C18H18N2O6. The van der Waals surface area contributed by atoms with Crippen molar-refractivity contribution < 1.29 is 24.0 Å². The van der Waals surface area contributed by atoms with E-state index in [1.165, 1.54) is 31.2 Å². The maximum Gasteiger partial charge on any atom is 0.342 e. The highest BCUT2D eigenvalue weighted by Gasteiger charge is 2.23. The number of esters is 1. The number of nitro groups is 1. The van der Waals surface area contributed by atoms with Crippen LogP contribution in [0.1, 0.15) is 24.2 Å². The van der Waals surface area contributed by atoms with E-state index in [1.807, 2.05) is 0 Å². The van der Waals surface area contributed by atoms with Crippen molar-refractivity contribution in [2.45, 2.75) is 20.0 Å². The molecule has 8 heteroatoms. The maximum atomic E-state index is 12.3. The molecule has 0 radical (unpaired) electrons. The van der Waals surface area contributed by atoms with E-state index in [0.717, 1.165) is 0 Å². The number of ether oxygens (including phenoxy) is 2. The fraction of sp³-hybridized carbons (Fsp3) is 0.222.